The normalized spacial score (nSPS) is 12.1. The van der Waals surface area contributed by atoms with Gasteiger partial charge in [-0.05, 0) is 92.2 Å². The molecule has 0 aliphatic heterocycles. The number of hydrogen-bond acceptors (Lipinski definition) is 10. The quantitative estimate of drug-likeness (QED) is 0.0379. The molecular weight excluding hydrogens is 978 g/mol. The summed E-state index contributed by atoms with van der Waals surface area (Å²) in [5.74, 6) is -1.24. The van der Waals surface area contributed by atoms with Crippen LogP contribution in [0.2, 0.25) is 10.0 Å². The van der Waals surface area contributed by atoms with Crippen LogP contribution in [0.25, 0.3) is 22.1 Å². The summed E-state index contributed by atoms with van der Waals surface area (Å²) >= 11 is 11.2. The molecule has 0 unspecified atom stereocenters. The van der Waals surface area contributed by atoms with Crippen LogP contribution in [0.15, 0.2) is 120 Å². The second-order valence-corrected chi connectivity index (χ2v) is 18.5. The number of aryl methyl sites for hydroxylation is 2. The molecule has 2 aromatic carbocycles. The van der Waals surface area contributed by atoms with Gasteiger partial charge in [0, 0.05) is 46.9 Å². The average molecular weight is 1010 g/mol. The lowest BCUT2D eigenvalue weighted by atomic mass is 10.00. The third-order valence-corrected chi connectivity index (χ3v) is 13.2. The molecule has 67 heavy (non-hydrogen) atoms. The zero-order chi connectivity index (χ0) is 48.8. The number of sulfonamides is 2. The van der Waals surface area contributed by atoms with Gasteiger partial charge in [0.25, 0.3) is 20.0 Å². The summed E-state index contributed by atoms with van der Waals surface area (Å²) in [4.78, 5) is 43.3. The zero-order valence-corrected chi connectivity index (χ0v) is 37.1. The summed E-state index contributed by atoms with van der Waals surface area (Å²) in [6.07, 6.45) is -1.24. The largest absolute Gasteiger partial charge is 0.417 e. The molecule has 0 spiro atoms. The fraction of sp³-hybridized carbons (Fsp3) is 0.0952. The van der Waals surface area contributed by atoms with E-state index in [2.05, 4.69) is 34.4 Å². The number of pyridine rings is 4. The number of alkyl halides is 6. The minimum absolute atomic E-state index is 0.159. The Labute approximate surface area is 384 Å². The van der Waals surface area contributed by atoms with Crippen molar-refractivity contribution in [3.05, 3.63) is 165 Å². The second kappa shape index (κ2) is 18.0. The number of fused-ring (bicyclic) bond motifs is 2. The summed E-state index contributed by atoms with van der Waals surface area (Å²) in [6, 6.07) is 12.9. The molecule has 0 fully saturated rings. The second-order valence-electron chi connectivity index (χ2n) is 14.3. The Morgan fingerprint density at radius 2 is 1.12 bits per heavy atom. The number of hydrogen-bond donors (Lipinski definition) is 5. The van der Waals surface area contributed by atoms with E-state index in [1.165, 1.54) is 55.2 Å². The van der Waals surface area contributed by atoms with E-state index in [1.54, 1.807) is 32.2 Å². The number of ketones is 2. The minimum Gasteiger partial charge on any atom is -0.350 e. The topological polar surface area (TPSA) is 221 Å². The smallest absolute Gasteiger partial charge is 0.350 e. The van der Waals surface area contributed by atoms with Crippen molar-refractivity contribution >= 4 is 88.3 Å². The van der Waals surface area contributed by atoms with Crippen molar-refractivity contribution in [1.29, 1.82) is 0 Å². The van der Waals surface area contributed by atoms with Crippen LogP contribution < -0.4 is 14.2 Å². The maximum absolute atomic E-state index is 13.4. The molecular formula is C42H29Cl2F6N8O7S2+. The van der Waals surface area contributed by atoms with Crippen LogP contribution in [0.1, 0.15) is 54.4 Å². The first kappa shape index (κ1) is 47.9. The number of H-pyrrole nitrogens is 2. The summed E-state index contributed by atoms with van der Waals surface area (Å²) in [6.45, 7) is 3.25. The predicted octanol–water partition coefficient (Wildman–Crippen LogP) is 9.07. The average Bonchev–Trinajstić information content (AvgIpc) is 3.94. The van der Waals surface area contributed by atoms with Crippen molar-refractivity contribution < 1.29 is 62.7 Å². The van der Waals surface area contributed by atoms with Gasteiger partial charge >= 0.3 is 18.0 Å². The standard InChI is InChI=1S/C21H14ClF3N4O4S.C21H14ClF3N4O3S/c1-11-10-29(31)20-13(6-8-27-20)17(11)19(30)18-16(3-2-7-26-18)28-34(32,33)12-4-5-15(22)14(9-12)21(23,24)25;1-11-10-28-20-13(6-8-27-20)17(11)19(30)18-16(3-2-7-26-18)29-33(31,32)12-4-5-15(22)14(9-12)21(23,24)25/h2-10,31H,1H3,(H,28,30);2-10,29H,1H3,(H,27,28)/p+1. The van der Waals surface area contributed by atoms with Gasteiger partial charge < -0.3 is 10.2 Å². The molecule has 0 radical (unpaired) electrons. The fourth-order valence-corrected chi connectivity index (χ4v) is 9.38. The molecule has 0 aliphatic carbocycles. The molecule has 25 heteroatoms. The lowest BCUT2D eigenvalue weighted by Crippen LogP contribution is -2.32. The van der Waals surface area contributed by atoms with E-state index in [1.807, 2.05) is 0 Å². The lowest BCUT2D eigenvalue weighted by Gasteiger charge is -2.14. The minimum atomic E-state index is -4.87. The summed E-state index contributed by atoms with van der Waals surface area (Å²) in [5.41, 5.74) is -1.49. The molecule has 0 saturated heterocycles. The highest BCUT2D eigenvalue weighted by Gasteiger charge is 2.36. The van der Waals surface area contributed by atoms with Crippen LogP contribution in [-0.4, -0.2) is 58.5 Å². The molecule has 0 saturated carbocycles. The van der Waals surface area contributed by atoms with E-state index in [0.717, 1.165) is 29.0 Å². The molecule has 0 bridgehead atoms. The van der Waals surface area contributed by atoms with Crippen LogP contribution in [0, 0.1) is 13.8 Å². The molecule has 346 valence electrons. The van der Waals surface area contributed by atoms with Crippen molar-refractivity contribution in [3.8, 4) is 0 Å². The third-order valence-electron chi connectivity index (χ3n) is 9.81. The van der Waals surface area contributed by atoms with Crippen molar-refractivity contribution in [2.45, 2.75) is 36.0 Å². The Morgan fingerprint density at radius 1 is 0.657 bits per heavy atom. The van der Waals surface area contributed by atoms with Gasteiger partial charge in [-0.2, -0.15) is 26.3 Å². The highest BCUT2D eigenvalue weighted by Crippen LogP contribution is 2.38. The Hall–Kier alpha value is -7.08. The van der Waals surface area contributed by atoms with Gasteiger partial charge in [-0.1, -0.05) is 27.9 Å². The van der Waals surface area contributed by atoms with E-state index >= 15 is 0 Å². The van der Waals surface area contributed by atoms with Gasteiger partial charge in [0.1, 0.15) is 23.2 Å². The van der Waals surface area contributed by atoms with Gasteiger partial charge in [-0.3, -0.25) is 29.0 Å². The summed E-state index contributed by atoms with van der Waals surface area (Å²) < 4.78 is 136. The number of anilines is 2. The van der Waals surface area contributed by atoms with Crippen LogP contribution >= 0.6 is 23.2 Å². The zero-order valence-electron chi connectivity index (χ0n) is 33.9. The van der Waals surface area contributed by atoms with Crippen LogP contribution in [0.5, 0.6) is 0 Å². The SMILES string of the molecule is Cc1c[n+](O)c2[nH]ccc2c1C(=O)c1ncccc1NS(=O)(=O)c1ccc(Cl)c(C(F)(F)F)c1.Cc1cnc2[nH]ccc2c1C(=O)c1ncccc1NS(=O)(=O)c1ccc(Cl)c(C(F)(F)F)c1. The molecule has 6 heterocycles. The monoisotopic (exact) mass is 1010 g/mol. The predicted molar refractivity (Wildman–Crippen MR) is 231 cm³/mol. The highest BCUT2D eigenvalue weighted by atomic mass is 35.5. The van der Waals surface area contributed by atoms with E-state index in [-0.39, 0.29) is 39.5 Å². The van der Waals surface area contributed by atoms with Gasteiger partial charge in [0.05, 0.1) is 53.9 Å². The number of nitrogens with one attached hydrogen (secondary N) is 4. The van der Waals surface area contributed by atoms with Crippen LogP contribution in [0.3, 0.4) is 0 Å². The number of rotatable bonds is 10. The maximum Gasteiger partial charge on any atom is 0.417 e. The van der Waals surface area contributed by atoms with E-state index < -0.39 is 74.9 Å². The Bertz CT molecular complexity index is 3510. The Morgan fingerprint density at radius 3 is 1.61 bits per heavy atom. The Balaban J connectivity index is 0.000000199. The first-order valence-electron chi connectivity index (χ1n) is 18.8. The van der Waals surface area contributed by atoms with E-state index in [4.69, 9.17) is 23.2 Å². The first-order valence-corrected chi connectivity index (χ1v) is 22.5. The Kier molecular flexibility index (Phi) is 12.8. The number of halogens is 8. The molecule has 0 aliphatic rings. The molecule has 0 atom stereocenters. The third kappa shape index (κ3) is 9.75. The van der Waals surface area contributed by atoms with Crippen molar-refractivity contribution in [1.82, 2.24) is 24.9 Å². The summed E-state index contributed by atoms with van der Waals surface area (Å²) in [5, 5.41) is 9.62. The summed E-state index contributed by atoms with van der Waals surface area (Å²) in [7, 11) is -9.06. The van der Waals surface area contributed by atoms with Crippen molar-refractivity contribution in [2.24, 2.45) is 0 Å². The molecule has 6 aromatic heterocycles. The number of carbonyl (C=O) groups excluding carboxylic acids is 2. The maximum atomic E-state index is 13.4. The van der Waals surface area contributed by atoms with E-state index in [9.17, 15) is 58.0 Å². The molecule has 8 aromatic rings. The van der Waals surface area contributed by atoms with Gasteiger partial charge in [-0.15, -0.1) is 0 Å². The number of benzene rings is 2. The number of carbonyl (C=O) groups is 2. The van der Waals surface area contributed by atoms with Gasteiger partial charge in [-0.25, -0.2) is 26.8 Å². The number of aromatic nitrogens is 6. The molecule has 8 rings (SSSR count). The van der Waals surface area contributed by atoms with Gasteiger partial charge in [0.15, 0.2) is 0 Å². The van der Waals surface area contributed by atoms with Crippen molar-refractivity contribution in [3.63, 3.8) is 0 Å². The lowest BCUT2D eigenvalue weighted by molar-refractivity contribution is -0.886. The molecule has 0 amide bonds. The molecule has 5 N–H and O–H groups in total. The van der Waals surface area contributed by atoms with Crippen molar-refractivity contribution in [2.75, 3.05) is 9.44 Å². The highest BCUT2D eigenvalue weighted by molar-refractivity contribution is 7.93. The van der Waals surface area contributed by atoms with E-state index in [0.29, 0.717) is 39.7 Å². The first-order chi connectivity index (χ1) is 31.4. The van der Waals surface area contributed by atoms with Crippen LogP contribution in [-0.2, 0) is 32.4 Å². The number of nitrogens with zero attached hydrogens (tertiary/aromatic N) is 4. The fourth-order valence-electron chi connectivity index (χ4n) is 6.75. The number of aromatic amines is 2. The van der Waals surface area contributed by atoms with Crippen LogP contribution in [0.4, 0.5) is 37.7 Å². The molecule has 15 nitrogen and oxygen atoms in total. The van der Waals surface area contributed by atoms with Gasteiger partial charge in [0.2, 0.25) is 11.6 Å².